The first-order valence-corrected chi connectivity index (χ1v) is 23.1. The number of carbonyl (C=O) groups is 2. The van der Waals surface area contributed by atoms with Gasteiger partial charge in [0.25, 0.3) is 0 Å². The molecule has 0 aliphatic carbocycles. The summed E-state index contributed by atoms with van der Waals surface area (Å²) in [6, 6.07) is 0. The van der Waals surface area contributed by atoms with Crippen LogP contribution in [-0.2, 0) is 19.1 Å². The van der Waals surface area contributed by atoms with Gasteiger partial charge in [-0.25, -0.2) is 0 Å². The highest BCUT2D eigenvalue weighted by Gasteiger charge is 2.13. The van der Waals surface area contributed by atoms with Crippen molar-refractivity contribution in [3.63, 3.8) is 0 Å². The quantitative estimate of drug-likeness (QED) is 0.0496. The van der Waals surface area contributed by atoms with Crippen LogP contribution >= 0.6 is 0 Å². The van der Waals surface area contributed by atoms with E-state index in [1.54, 1.807) is 0 Å². The summed E-state index contributed by atoms with van der Waals surface area (Å²) in [6.07, 6.45) is 37.3. The summed E-state index contributed by atoms with van der Waals surface area (Å²) in [4.78, 5) is 27.2. The van der Waals surface area contributed by atoms with E-state index in [0.717, 1.165) is 64.6 Å². The zero-order chi connectivity index (χ0) is 38.2. The second kappa shape index (κ2) is 41.0. The van der Waals surface area contributed by atoms with E-state index in [9.17, 15) is 14.7 Å². The van der Waals surface area contributed by atoms with Crippen LogP contribution < -0.4 is 0 Å². The summed E-state index contributed by atoms with van der Waals surface area (Å²) in [7, 11) is 0. The van der Waals surface area contributed by atoms with Crippen molar-refractivity contribution in [3.8, 4) is 0 Å². The molecule has 0 spiro atoms. The maximum absolute atomic E-state index is 12.5. The van der Waals surface area contributed by atoms with E-state index in [2.05, 4.69) is 32.6 Å². The number of aliphatic hydroxyl groups excluding tert-OH is 1. The van der Waals surface area contributed by atoms with E-state index in [1.807, 2.05) is 0 Å². The van der Waals surface area contributed by atoms with Gasteiger partial charge in [0, 0.05) is 19.4 Å². The normalized spacial score (nSPS) is 12.2. The van der Waals surface area contributed by atoms with Gasteiger partial charge in [0.2, 0.25) is 0 Å². The monoisotopic (exact) mass is 738 g/mol. The summed E-state index contributed by atoms with van der Waals surface area (Å²) >= 11 is 0. The Morgan fingerprint density at radius 3 is 1.40 bits per heavy atom. The van der Waals surface area contributed by atoms with Crippen LogP contribution in [0.1, 0.15) is 233 Å². The predicted octanol–water partition coefficient (Wildman–Crippen LogP) is 13.2. The zero-order valence-corrected chi connectivity index (χ0v) is 35.6. The molecule has 0 aliphatic rings. The van der Waals surface area contributed by atoms with Gasteiger partial charge in [-0.2, -0.15) is 0 Å². The second-order valence-electron chi connectivity index (χ2n) is 16.2. The van der Waals surface area contributed by atoms with Gasteiger partial charge in [-0.15, -0.1) is 0 Å². The van der Waals surface area contributed by atoms with E-state index in [-0.39, 0.29) is 18.5 Å². The molecule has 0 bridgehead atoms. The smallest absolute Gasteiger partial charge is 0.305 e. The van der Waals surface area contributed by atoms with Crippen molar-refractivity contribution in [1.29, 1.82) is 0 Å². The van der Waals surface area contributed by atoms with Crippen LogP contribution in [0, 0.1) is 11.8 Å². The van der Waals surface area contributed by atoms with Crippen molar-refractivity contribution in [2.45, 2.75) is 233 Å². The van der Waals surface area contributed by atoms with E-state index in [1.165, 1.54) is 148 Å². The van der Waals surface area contributed by atoms with Gasteiger partial charge >= 0.3 is 11.9 Å². The lowest BCUT2D eigenvalue weighted by Crippen LogP contribution is -2.27. The van der Waals surface area contributed by atoms with Crippen molar-refractivity contribution in [1.82, 2.24) is 4.90 Å². The first-order chi connectivity index (χ1) is 25.5. The van der Waals surface area contributed by atoms with Gasteiger partial charge in [-0.1, -0.05) is 163 Å². The Labute approximate surface area is 324 Å². The van der Waals surface area contributed by atoms with Gasteiger partial charge < -0.3 is 19.5 Å². The fraction of sp³-hybridized carbons (Fsp3) is 0.957. The SMILES string of the molecule is CCCCCCCCCC(=O)OCCC(C)CCCCN(CCCCO)CCCCCCCC(=O)OCC(CCCCCCC)CCCCCCC. The van der Waals surface area contributed by atoms with Crippen LogP contribution in [0.4, 0.5) is 0 Å². The predicted molar refractivity (Wildman–Crippen MR) is 223 cm³/mol. The van der Waals surface area contributed by atoms with Crippen molar-refractivity contribution in [3.05, 3.63) is 0 Å². The number of nitrogens with zero attached hydrogens (tertiary/aromatic N) is 1. The first kappa shape index (κ1) is 50.9. The molecule has 1 atom stereocenters. The van der Waals surface area contributed by atoms with Gasteiger partial charge in [0.05, 0.1) is 13.2 Å². The molecule has 1 N–H and O–H groups in total. The molecule has 1 unspecified atom stereocenters. The maximum Gasteiger partial charge on any atom is 0.305 e. The molecule has 0 saturated carbocycles. The number of carbonyl (C=O) groups excluding carboxylic acids is 2. The van der Waals surface area contributed by atoms with E-state index in [4.69, 9.17) is 9.47 Å². The Balaban J connectivity index is 4.10. The van der Waals surface area contributed by atoms with Crippen LogP contribution in [0.25, 0.3) is 0 Å². The van der Waals surface area contributed by atoms with Crippen LogP contribution in [-0.4, -0.2) is 61.4 Å². The van der Waals surface area contributed by atoms with Crippen molar-refractivity contribution in [2.24, 2.45) is 11.8 Å². The summed E-state index contributed by atoms with van der Waals surface area (Å²) in [6.45, 7) is 13.8. The number of hydrogen-bond acceptors (Lipinski definition) is 6. The summed E-state index contributed by atoms with van der Waals surface area (Å²) in [5, 5.41) is 9.28. The third-order valence-electron chi connectivity index (χ3n) is 10.9. The average Bonchev–Trinajstić information content (AvgIpc) is 3.14. The van der Waals surface area contributed by atoms with Crippen LogP contribution in [0.2, 0.25) is 0 Å². The Bertz CT molecular complexity index is 732. The standard InChI is InChI=1S/C46H91NO5/c1-5-8-11-14-15-19-24-34-45(49)51-41-36-43(4)31-26-28-38-47(39-29-30-40-48)37-27-21-16-20-25-35-46(50)52-42-44(32-22-17-12-9-6-2)33-23-18-13-10-7-3/h43-44,48H,5-42H2,1-4H3. The largest absolute Gasteiger partial charge is 0.466 e. The molecular formula is C46H91NO5. The van der Waals surface area contributed by atoms with E-state index < -0.39 is 0 Å². The molecule has 0 fully saturated rings. The van der Waals surface area contributed by atoms with Gasteiger partial charge in [-0.3, -0.25) is 9.59 Å². The molecule has 310 valence electrons. The van der Waals surface area contributed by atoms with E-state index >= 15 is 0 Å². The molecule has 0 aliphatic heterocycles. The lowest BCUT2D eigenvalue weighted by Gasteiger charge is -2.22. The topological polar surface area (TPSA) is 76.1 Å². The molecule has 0 aromatic carbocycles. The highest BCUT2D eigenvalue weighted by molar-refractivity contribution is 5.69. The highest BCUT2D eigenvalue weighted by Crippen LogP contribution is 2.20. The lowest BCUT2D eigenvalue weighted by molar-refractivity contribution is -0.145. The molecule has 0 radical (unpaired) electrons. The fourth-order valence-corrected chi connectivity index (χ4v) is 7.23. The average molecular weight is 738 g/mol. The van der Waals surface area contributed by atoms with Crippen LogP contribution in [0.15, 0.2) is 0 Å². The number of hydrogen-bond donors (Lipinski definition) is 1. The summed E-state index contributed by atoms with van der Waals surface area (Å²) in [5.41, 5.74) is 0. The fourth-order valence-electron chi connectivity index (χ4n) is 7.23. The Morgan fingerprint density at radius 1 is 0.481 bits per heavy atom. The Morgan fingerprint density at radius 2 is 0.885 bits per heavy atom. The molecule has 6 nitrogen and oxygen atoms in total. The lowest BCUT2D eigenvalue weighted by atomic mass is 9.95. The molecular weight excluding hydrogens is 647 g/mol. The number of ether oxygens (including phenoxy) is 2. The van der Waals surface area contributed by atoms with Gasteiger partial charge in [-0.05, 0) is 89.3 Å². The summed E-state index contributed by atoms with van der Waals surface area (Å²) in [5.74, 6) is 1.10. The third kappa shape index (κ3) is 37.2. The van der Waals surface area contributed by atoms with Crippen LogP contribution in [0.3, 0.4) is 0 Å². The molecule has 52 heavy (non-hydrogen) atoms. The van der Waals surface area contributed by atoms with Crippen molar-refractivity contribution in [2.75, 3.05) is 39.5 Å². The molecule has 0 saturated heterocycles. The van der Waals surface area contributed by atoms with E-state index in [0.29, 0.717) is 37.9 Å². The number of rotatable bonds is 42. The molecule has 0 aromatic rings. The molecule has 0 amide bonds. The van der Waals surface area contributed by atoms with Gasteiger partial charge in [0.1, 0.15) is 0 Å². The molecule has 0 rings (SSSR count). The minimum Gasteiger partial charge on any atom is -0.466 e. The molecule has 0 aromatic heterocycles. The van der Waals surface area contributed by atoms with Crippen molar-refractivity contribution >= 4 is 11.9 Å². The zero-order valence-electron chi connectivity index (χ0n) is 35.6. The maximum atomic E-state index is 12.5. The first-order valence-electron chi connectivity index (χ1n) is 23.1. The summed E-state index contributed by atoms with van der Waals surface area (Å²) < 4.78 is 11.3. The molecule has 0 heterocycles. The van der Waals surface area contributed by atoms with Crippen molar-refractivity contribution < 1.29 is 24.2 Å². The minimum atomic E-state index is -0.0207. The third-order valence-corrected chi connectivity index (χ3v) is 10.9. The Kier molecular flexibility index (Phi) is 40.1. The second-order valence-corrected chi connectivity index (χ2v) is 16.2. The number of unbranched alkanes of at least 4 members (excludes halogenated alkanes) is 20. The Hall–Kier alpha value is -1.14. The van der Waals surface area contributed by atoms with Crippen LogP contribution in [0.5, 0.6) is 0 Å². The number of aliphatic hydroxyl groups is 1. The highest BCUT2D eigenvalue weighted by atomic mass is 16.5. The molecule has 6 heteroatoms. The minimum absolute atomic E-state index is 0.00570. The van der Waals surface area contributed by atoms with Gasteiger partial charge in [0.15, 0.2) is 0 Å². The number of esters is 2.